The number of hydrogen-bond acceptors (Lipinski definition) is 4. The maximum atomic E-state index is 5.84. The Balaban J connectivity index is 1.82. The zero-order chi connectivity index (χ0) is 14.2. The van der Waals surface area contributed by atoms with E-state index >= 15 is 0 Å². The number of para-hydroxylation sites is 1. The first kappa shape index (κ1) is 13.3. The predicted octanol–water partition coefficient (Wildman–Crippen LogP) is 4.44. The molecule has 0 aliphatic carbocycles. The summed E-state index contributed by atoms with van der Waals surface area (Å²) in [7, 11) is 0. The molecule has 3 aromatic rings. The van der Waals surface area contributed by atoms with Gasteiger partial charge in [-0.3, -0.25) is 0 Å². The van der Waals surface area contributed by atoms with Crippen molar-refractivity contribution < 1.29 is 4.42 Å². The van der Waals surface area contributed by atoms with E-state index in [0.29, 0.717) is 0 Å². The van der Waals surface area contributed by atoms with Crippen LogP contribution < -0.4 is 5.32 Å². The topological polar surface area (TPSA) is 38.1 Å². The van der Waals surface area contributed by atoms with E-state index < -0.39 is 0 Å². The summed E-state index contributed by atoms with van der Waals surface area (Å²) < 4.78 is 5.84. The molecule has 4 heteroatoms. The van der Waals surface area contributed by atoms with Crippen LogP contribution in [0, 0.1) is 0 Å². The third-order valence-electron chi connectivity index (χ3n) is 3.00. The highest BCUT2D eigenvalue weighted by Crippen LogP contribution is 2.28. The van der Waals surface area contributed by atoms with Gasteiger partial charge in [-0.05, 0) is 32.9 Å². The summed E-state index contributed by atoms with van der Waals surface area (Å²) in [4.78, 5) is 4.64. The molecule has 0 saturated heterocycles. The lowest BCUT2D eigenvalue weighted by atomic mass is 10.1. The standard InChI is InChI=1S/C16H18N2OS/c1-16(2,3)17-9-15-18-12(10-20-15)14-8-11-6-4-5-7-13(11)19-14/h4-8,10,17H,9H2,1-3H3. The van der Waals surface area contributed by atoms with Crippen molar-refractivity contribution >= 4 is 22.3 Å². The van der Waals surface area contributed by atoms with E-state index in [1.807, 2.05) is 24.3 Å². The molecule has 0 spiro atoms. The zero-order valence-corrected chi connectivity index (χ0v) is 12.8. The van der Waals surface area contributed by atoms with Gasteiger partial charge in [-0.1, -0.05) is 18.2 Å². The van der Waals surface area contributed by atoms with E-state index in [-0.39, 0.29) is 5.54 Å². The van der Waals surface area contributed by atoms with Crippen molar-refractivity contribution in [3.05, 3.63) is 40.7 Å². The molecule has 1 N–H and O–H groups in total. The van der Waals surface area contributed by atoms with Gasteiger partial charge >= 0.3 is 0 Å². The Hall–Kier alpha value is -1.65. The molecule has 0 radical (unpaired) electrons. The van der Waals surface area contributed by atoms with Gasteiger partial charge in [-0.2, -0.15) is 0 Å². The molecule has 0 saturated carbocycles. The second-order valence-corrected chi connectivity index (χ2v) is 6.82. The van der Waals surface area contributed by atoms with Gasteiger partial charge in [-0.25, -0.2) is 4.98 Å². The quantitative estimate of drug-likeness (QED) is 0.773. The summed E-state index contributed by atoms with van der Waals surface area (Å²) >= 11 is 1.66. The van der Waals surface area contributed by atoms with Gasteiger partial charge in [0.1, 0.15) is 16.3 Å². The SMILES string of the molecule is CC(C)(C)NCc1nc(-c2cc3ccccc3o2)cs1. The minimum atomic E-state index is 0.102. The Kier molecular flexibility index (Phi) is 3.36. The average Bonchev–Trinajstić information content (AvgIpc) is 3.01. The minimum absolute atomic E-state index is 0.102. The molecule has 2 aromatic heterocycles. The van der Waals surface area contributed by atoms with Gasteiger partial charge in [0.2, 0.25) is 0 Å². The second kappa shape index (κ2) is 5.04. The molecule has 2 heterocycles. The van der Waals surface area contributed by atoms with E-state index in [1.54, 1.807) is 11.3 Å². The zero-order valence-electron chi connectivity index (χ0n) is 11.9. The molecule has 0 bridgehead atoms. The van der Waals surface area contributed by atoms with Crippen LogP contribution in [0.1, 0.15) is 25.8 Å². The number of fused-ring (bicyclic) bond motifs is 1. The fourth-order valence-electron chi connectivity index (χ4n) is 1.95. The first-order valence-corrected chi connectivity index (χ1v) is 7.58. The average molecular weight is 286 g/mol. The fraction of sp³-hybridized carbons (Fsp3) is 0.312. The third-order valence-corrected chi connectivity index (χ3v) is 3.85. The van der Waals surface area contributed by atoms with Crippen molar-refractivity contribution in [1.29, 1.82) is 0 Å². The highest BCUT2D eigenvalue weighted by atomic mass is 32.1. The van der Waals surface area contributed by atoms with Crippen molar-refractivity contribution in [3.8, 4) is 11.5 Å². The van der Waals surface area contributed by atoms with Gasteiger partial charge in [0.25, 0.3) is 0 Å². The van der Waals surface area contributed by atoms with Crippen LogP contribution in [-0.4, -0.2) is 10.5 Å². The van der Waals surface area contributed by atoms with Crippen molar-refractivity contribution in [2.24, 2.45) is 0 Å². The summed E-state index contributed by atoms with van der Waals surface area (Å²) in [6.07, 6.45) is 0. The second-order valence-electron chi connectivity index (χ2n) is 5.88. The lowest BCUT2D eigenvalue weighted by molar-refractivity contribution is 0.424. The number of nitrogens with zero attached hydrogens (tertiary/aromatic N) is 1. The fourth-order valence-corrected chi connectivity index (χ4v) is 2.68. The van der Waals surface area contributed by atoms with E-state index in [0.717, 1.165) is 34.0 Å². The number of nitrogens with one attached hydrogen (secondary N) is 1. The van der Waals surface area contributed by atoms with Crippen molar-refractivity contribution in [2.45, 2.75) is 32.9 Å². The smallest absolute Gasteiger partial charge is 0.154 e. The normalized spacial score (nSPS) is 12.2. The Labute approximate surface area is 122 Å². The molecular formula is C16H18N2OS. The van der Waals surface area contributed by atoms with Gasteiger partial charge in [0, 0.05) is 22.8 Å². The maximum Gasteiger partial charge on any atom is 0.154 e. The van der Waals surface area contributed by atoms with Crippen LogP contribution in [0.25, 0.3) is 22.4 Å². The molecular weight excluding hydrogens is 268 g/mol. The van der Waals surface area contributed by atoms with Crippen LogP contribution in [0.4, 0.5) is 0 Å². The summed E-state index contributed by atoms with van der Waals surface area (Å²) in [5, 5.41) is 7.69. The molecule has 0 unspecified atom stereocenters. The maximum absolute atomic E-state index is 5.84. The van der Waals surface area contributed by atoms with E-state index in [2.05, 4.69) is 42.5 Å². The summed E-state index contributed by atoms with van der Waals surface area (Å²) in [6, 6.07) is 10.1. The lowest BCUT2D eigenvalue weighted by Crippen LogP contribution is -2.34. The first-order valence-electron chi connectivity index (χ1n) is 6.70. The monoisotopic (exact) mass is 286 g/mol. The van der Waals surface area contributed by atoms with Crippen molar-refractivity contribution in [2.75, 3.05) is 0 Å². The number of benzene rings is 1. The first-order chi connectivity index (χ1) is 9.51. The molecule has 0 aliphatic heterocycles. The highest BCUT2D eigenvalue weighted by Gasteiger charge is 2.12. The molecule has 3 rings (SSSR count). The van der Waals surface area contributed by atoms with Crippen molar-refractivity contribution in [1.82, 2.24) is 10.3 Å². The Morgan fingerprint density at radius 1 is 1.25 bits per heavy atom. The van der Waals surface area contributed by atoms with E-state index in [9.17, 15) is 0 Å². The largest absolute Gasteiger partial charge is 0.454 e. The number of thiazole rings is 1. The van der Waals surface area contributed by atoms with Crippen LogP contribution in [0.3, 0.4) is 0 Å². The molecule has 0 amide bonds. The Bertz CT molecular complexity index is 688. The van der Waals surface area contributed by atoms with Gasteiger partial charge in [0.05, 0.1) is 0 Å². The van der Waals surface area contributed by atoms with Crippen LogP contribution in [0.2, 0.25) is 0 Å². The molecule has 0 atom stereocenters. The van der Waals surface area contributed by atoms with Crippen LogP contribution in [0.15, 0.2) is 40.1 Å². The summed E-state index contributed by atoms with van der Waals surface area (Å²) in [6.45, 7) is 7.25. The van der Waals surface area contributed by atoms with Crippen molar-refractivity contribution in [3.63, 3.8) is 0 Å². The summed E-state index contributed by atoms with van der Waals surface area (Å²) in [5.74, 6) is 0.837. The number of aromatic nitrogens is 1. The van der Waals surface area contributed by atoms with Crippen LogP contribution in [-0.2, 0) is 6.54 Å². The molecule has 104 valence electrons. The molecule has 1 aromatic carbocycles. The lowest BCUT2D eigenvalue weighted by Gasteiger charge is -2.19. The van der Waals surface area contributed by atoms with Gasteiger partial charge in [-0.15, -0.1) is 11.3 Å². The van der Waals surface area contributed by atoms with Crippen LogP contribution >= 0.6 is 11.3 Å². The van der Waals surface area contributed by atoms with E-state index in [4.69, 9.17) is 4.42 Å². The Morgan fingerprint density at radius 2 is 2.05 bits per heavy atom. The number of hydrogen-bond donors (Lipinski definition) is 1. The molecule has 0 aliphatic rings. The predicted molar refractivity (Wildman–Crippen MR) is 83.9 cm³/mol. The minimum Gasteiger partial charge on any atom is -0.454 e. The van der Waals surface area contributed by atoms with E-state index in [1.165, 1.54) is 0 Å². The van der Waals surface area contributed by atoms with Gasteiger partial charge < -0.3 is 9.73 Å². The summed E-state index contributed by atoms with van der Waals surface area (Å²) in [5.41, 5.74) is 1.92. The highest BCUT2D eigenvalue weighted by molar-refractivity contribution is 7.09. The molecule has 20 heavy (non-hydrogen) atoms. The number of furan rings is 1. The van der Waals surface area contributed by atoms with Crippen LogP contribution in [0.5, 0.6) is 0 Å². The molecule has 3 nitrogen and oxygen atoms in total. The molecule has 0 fully saturated rings. The third kappa shape index (κ3) is 2.92. The van der Waals surface area contributed by atoms with Gasteiger partial charge in [0.15, 0.2) is 5.76 Å². The number of rotatable bonds is 3. The Morgan fingerprint density at radius 3 is 2.80 bits per heavy atom.